The summed E-state index contributed by atoms with van der Waals surface area (Å²) in [5, 5.41) is 9.13. The predicted molar refractivity (Wildman–Crippen MR) is 49.1 cm³/mol. The van der Waals surface area contributed by atoms with E-state index in [1.807, 2.05) is 0 Å². The van der Waals surface area contributed by atoms with Crippen molar-refractivity contribution < 1.29 is 14.3 Å². The molecule has 0 saturated heterocycles. The van der Waals surface area contributed by atoms with E-state index in [-0.39, 0.29) is 12.4 Å². The largest absolute Gasteiger partial charge is 0.389 e. The van der Waals surface area contributed by atoms with Crippen molar-refractivity contribution in [2.75, 3.05) is 6.67 Å². The monoisotopic (exact) mass is 200 g/mol. The topological polar surface area (TPSA) is 55.1 Å². The summed E-state index contributed by atoms with van der Waals surface area (Å²) in [6.45, 7) is 2.78. The molecule has 1 heterocycles. The van der Waals surface area contributed by atoms with Crippen molar-refractivity contribution >= 4 is 6.29 Å². The van der Waals surface area contributed by atoms with Crippen LogP contribution in [0.25, 0.3) is 0 Å². The third-order valence-corrected chi connectivity index (χ3v) is 2.16. The molecule has 1 N–H and O–H groups in total. The first kappa shape index (κ1) is 10.8. The minimum Gasteiger partial charge on any atom is -0.389 e. The highest BCUT2D eigenvalue weighted by molar-refractivity contribution is 5.69. The molecule has 0 aliphatic rings. The van der Waals surface area contributed by atoms with Crippen LogP contribution in [-0.2, 0) is 6.54 Å². The van der Waals surface area contributed by atoms with E-state index in [1.54, 1.807) is 13.8 Å². The van der Waals surface area contributed by atoms with Crippen LogP contribution in [0, 0.1) is 13.8 Å². The summed E-state index contributed by atoms with van der Waals surface area (Å²) in [6.07, 6.45) is -0.480. The summed E-state index contributed by atoms with van der Waals surface area (Å²) in [7, 11) is 0. The third kappa shape index (κ3) is 1.98. The van der Waals surface area contributed by atoms with Gasteiger partial charge in [0.1, 0.15) is 12.8 Å². The van der Waals surface area contributed by atoms with Gasteiger partial charge in [0, 0.05) is 5.69 Å². The van der Waals surface area contributed by atoms with E-state index >= 15 is 0 Å². The van der Waals surface area contributed by atoms with Gasteiger partial charge in [-0.15, -0.1) is 0 Å². The average molecular weight is 200 g/mol. The number of alkyl halides is 1. The quantitative estimate of drug-likeness (QED) is 0.726. The molecule has 0 radical (unpaired) electrons. The van der Waals surface area contributed by atoms with Crippen molar-refractivity contribution in [2.45, 2.75) is 26.5 Å². The maximum Gasteiger partial charge on any atom is 0.185 e. The molecule has 5 heteroatoms. The van der Waals surface area contributed by atoms with Crippen LogP contribution in [0.1, 0.15) is 22.0 Å². The van der Waals surface area contributed by atoms with Gasteiger partial charge in [0.05, 0.1) is 12.2 Å². The summed E-state index contributed by atoms with van der Waals surface area (Å²) in [5.41, 5.74) is 1.50. The van der Waals surface area contributed by atoms with E-state index in [0.29, 0.717) is 6.29 Å². The van der Waals surface area contributed by atoms with Gasteiger partial charge in [0.2, 0.25) is 0 Å². The minimum absolute atomic E-state index is 0.0667. The Morgan fingerprint density at radius 2 is 2.29 bits per heavy atom. The number of aldehydes is 1. The van der Waals surface area contributed by atoms with E-state index in [1.165, 1.54) is 4.57 Å². The lowest BCUT2D eigenvalue weighted by Gasteiger charge is -2.10. The number of rotatable bonds is 4. The summed E-state index contributed by atoms with van der Waals surface area (Å²) in [4.78, 5) is 14.6. The molecule has 0 spiro atoms. The number of carbonyl (C=O) groups excluding carboxylic acids is 1. The molecule has 1 rings (SSSR count). The Morgan fingerprint density at radius 3 is 2.79 bits per heavy atom. The molecule has 14 heavy (non-hydrogen) atoms. The maximum absolute atomic E-state index is 12.1. The smallest absolute Gasteiger partial charge is 0.185 e. The predicted octanol–water partition coefficient (Wildman–Crippen LogP) is 0.643. The Bertz CT molecular complexity index is 336. The number of aryl methyl sites for hydroxylation is 1. The van der Waals surface area contributed by atoms with E-state index in [4.69, 9.17) is 5.11 Å². The van der Waals surface area contributed by atoms with Crippen LogP contribution in [0.3, 0.4) is 0 Å². The normalized spacial score (nSPS) is 12.9. The van der Waals surface area contributed by atoms with E-state index in [2.05, 4.69) is 4.98 Å². The number of aliphatic hydroxyl groups is 1. The zero-order chi connectivity index (χ0) is 10.7. The van der Waals surface area contributed by atoms with Gasteiger partial charge in [-0.2, -0.15) is 0 Å². The summed E-state index contributed by atoms with van der Waals surface area (Å²) >= 11 is 0. The fourth-order valence-electron chi connectivity index (χ4n) is 1.26. The number of carbonyl (C=O) groups is 1. The van der Waals surface area contributed by atoms with Crippen molar-refractivity contribution in [1.29, 1.82) is 0 Å². The van der Waals surface area contributed by atoms with Gasteiger partial charge in [-0.1, -0.05) is 0 Å². The van der Waals surface area contributed by atoms with Crippen molar-refractivity contribution in [3.63, 3.8) is 0 Å². The van der Waals surface area contributed by atoms with Gasteiger partial charge in [-0.05, 0) is 13.8 Å². The Balaban J connectivity index is 2.99. The van der Waals surface area contributed by atoms with Crippen LogP contribution < -0.4 is 0 Å². The highest BCUT2D eigenvalue weighted by Crippen LogP contribution is 2.09. The fraction of sp³-hybridized carbons (Fsp3) is 0.556. The average Bonchev–Trinajstić information content (AvgIpc) is 2.45. The SMILES string of the molecule is Cc1nc(C=O)n(CC(O)CF)c1C. The lowest BCUT2D eigenvalue weighted by atomic mass is 10.3. The van der Waals surface area contributed by atoms with Crippen molar-refractivity contribution in [2.24, 2.45) is 0 Å². The van der Waals surface area contributed by atoms with E-state index in [9.17, 15) is 9.18 Å². The number of aliphatic hydroxyl groups excluding tert-OH is 1. The van der Waals surface area contributed by atoms with Gasteiger partial charge in [0.15, 0.2) is 12.1 Å². The number of imidazole rings is 1. The van der Waals surface area contributed by atoms with E-state index < -0.39 is 12.8 Å². The van der Waals surface area contributed by atoms with Crippen molar-refractivity contribution in [1.82, 2.24) is 9.55 Å². The van der Waals surface area contributed by atoms with Crippen molar-refractivity contribution in [3.8, 4) is 0 Å². The molecule has 0 fully saturated rings. The molecule has 0 aromatic carbocycles. The molecule has 1 aromatic rings. The number of hydrogen-bond acceptors (Lipinski definition) is 3. The molecule has 0 bridgehead atoms. The Labute approximate surface area is 81.4 Å². The Morgan fingerprint density at radius 1 is 1.64 bits per heavy atom. The molecular weight excluding hydrogens is 187 g/mol. The lowest BCUT2D eigenvalue weighted by Crippen LogP contribution is -2.20. The maximum atomic E-state index is 12.1. The van der Waals surface area contributed by atoms with Crippen LogP contribution >= 0.6 is 0 Å². The second-order valence-corrected chi connectivity index (χ2v) is 3.18. The van der Waals surface area contributed by atoms with Gasteiger partial charge < -0.3 is 9.67 Å². The van der Waals surface area contributed by atoms with Gasteiger partial charge in [-0.25, -0.2) is 9.37 Å². The zero-order valence-corrected chi connectivity index (χ0v) is 8.20. The molecule has 78 valence electrons. The Kier molecular flexibility index (Phi) is 3.35. The zero-order valence-electron chi connectivity index (χ0n) is 8.20. The molecule has 1 aromatic heterocycles. The second-order valence-electron chi connectivity index (χ2n) is 3.18. The third-order valence-electron chi connectivity index (χ3n) is 2.16. The van der Waals surface area contributed by atoms with Crippen molar-refractivity contribution in [3.05, 3.63) is 17.2 Å². The number of halogens is 1. The number of hydrogen-bond donors (Lipinski definition) is 1. The van der Waals surface area contributed by atoms with Crippen LogP contribution in [0.5, 0.6) is 0 Å². The lowest BCUT2D eigenvalue weighted by molar-refractivity contribution is 0.108. The number of nitrogens with zero attached hydrogens (tertiary/aromatic N) is 2. The van der Waals surface area contributed by atoms with Crippen LogP contribution in [-0.4, -0.2) is 33.7 Å². The molecule has 0 amide bonds. The molecule has 1 unspecified atom stereocenters. The summed E-state index contributed by atoms with van der Waals surface area (Å²) in [6, 6.07) is 0. The molecule has 0 aliphatic heterocycles. The molecular formula is C9H13FN2O2. The fourth-order valence-corrected chi connectivity index (χ4v) is 1.26. The van der Waals surface area contributed by atoms with Gasteiger partial charge in [0.25, 0.3) is 0 Å². The summed E-state index contributed by atoms with van der Waals surface area (Å²) in [5.74, 6) is 0.229. The van der Waals surface area contributed by atoms with Crippen LogP contribution in [0.15, 0.2) is 0 Å². The molecule has 4 nitrogen and oxygen atoms in total. The minimum atomic E-state index is -1.08. The first-order valence-electron chi connectivity index (χ1n) is 4.33. The van der Waals surface area contributed by atoms with Gasteiger partial charge >= 0.3 is 0 Å². The highest BCUT2D eigenvalue weighted by Gasteiger charge is 2.13. The van der Waals surface area contributed by atoms with E-state index in [0.717, 1.165) is 11.4 Å². The molecule has 1 atom stereocenters. The second kappa shape index (κ2) is 4.32. The highest BCUT2D eigenvalue weighted by atomic mass is 19.1. The molecule has 0 saturated carbocycles. The standard InChI is InChI=1S/C9H13FN2O2/c1-6-7(2)12(4-8(14)3-10)9(5-13)11-6/h5,8,14H,3-4H2,1-2H3. The number of aromatic nitrogens is 2. The van der Waals surface area contributed by atoms with Gasteiger partial charge in [-0.3, -0.25) is 4.79 Å². The Hall–Kier alpha value is -1.23. The molecule has 0 aliphatic carbocycles. The first-order chi connectivity index (χ1) is 6.60. The first-order valence-corrected chi connectivity index (χ1v) is 4.33. The van der Waals surface area contributed by atoms with Crippen LogP contribution in [0.2, 0.25) is 0 Å². The summed E-state index contributed by atoms with van der Waals surface area (Å²) < 4.78 is 13.6. The van der Waals surface area contributed by atoms with Crippen LogP contribution in [0.4, 0.5) is 4.39 Å².